The normalized spacial score (nSPS) is 23.4. The summed E-state index contributed by atoms with van der Waals surface area (Å²) in [5.41, 5.74) is 0.0428. The highest BCUT2D eigenvalue weighted by molar-refractivity contribution is 8.09. The summed E-state index contributed by atoms with van der Waals surface area (Å²) in [4.78, 5) is 24.3. The van der Waals surface area contributed by atoms with E-state index in [0.29, 0.717) is 17.1 Å². The van der Waals surface area contributed by atoms with Crippen molar-refractivity contribution in [3.63, 3.8) is 0 Å². The highest BCUT2D eigenvalue weighted by Gasteiger charge is 2.49. The van der Waals surface area contributed by atoms with Gasteiger partial charge in [-0.25, -0.2) is 4.79 Å². The van der Waals surface area contributed by atoms with Crippen LogP contribution in [0.4, 0.5) is 0 Å². The number of rotatable bonds is 2. The summed E-state index contributed by atoms with van der Waals surface area (Å²) < 4.78 is 5.18. The fourth-order valence-electron chi connectivity index (χ4n) is 1.83. The van der Waals surface area contributed by atoms with Crippen molar-refractivity contribution in [1.29, 1.82) is 0 Å². The molecule has 1 atom stereocenters. The van der Waals surface area contributed by atoms with Gasteiger partial charge in [0.15, 0.2) is 0 Å². The van der Waals surface area contributed by atoms with Crippen LogP contribution in [0.1, 0.15) is 12.2 Å². The molecular weight excluding hydrogens is 230 g/mol. The number of aliphatic carboxylic acids is 1. The van der Waals surface area contributed by atoms with Gasteiger partial charge in [-0.2, -0.15) is 0 Å². The molecule has 16 heavy (non-hydrogen) atoms. The van der Waals surface area contributed by atoms with Gasteiger partial charge in [-0.3, -0.25) is 9.69 Å². The number of amides is 1. The molecule has 1 fully saturated rings. The second kappa shape index (κ2) is 3.15. The minimum Gasteiger partial charge on any atom is -0.477 e. The van der Waals surface area contributed by atoms with E-state index in [1.165, 1.54) is 22.9 Å². The van der Waals surface area contributed by atoms with Crippen LogP contribution in [0.5, 0.6) is 0 Å². The molecule has 1 N–H and O–H groups in total. The Bertz CT molecular complexity index is 505. The maximum Gasteiger partial charge on any atom is 0.353 e. The topological polar surface area (TPSA) is 70.7 Å². The first-order valence-electron chi connectivity index (χ1n) is 4.68. The van der Waals surface area contributed by atoms with Crippen LogP contribution < -0.4 is 0 Å². The molecule has 0 aromatic carbocycles. The van der Waals surface area contributed by atoms with E-state index in [1.807, 2.05) is 0 Å². The Hall–Kier alpha value is -1.69. The minimum atomic E-state index is -1.09. The smallest absolute Gasteiger partial charge is 0.353 e. The fraction of sp³-hybridized carbons (Fsp3) is 0.200. The quantitative estimate of drug-likeness (QED) is 0.786. The third-order valence-electron chi connectivity index (χ3n) is 2.56. The lowest BCUT2D eigenvalue weighted by Crippen LogP contribution is -2.48. The fourth-order valence-corrected chi connectivity index (χ4v) is 3.19. The summed E-state index contributed by atoms with van der Waals surface area (Å²) >= 11 is 1.37. The van der Waals surface area contributed by atoms with Gasteiger partial charge in [0.1, 0.15) is 11.5 Å². The number of carboxylic acid groups (broad SMARTS) is 1. The zero-order chi connectivity index (χ0) is 11.3. The van der Waals surface area contributed by atoms with Crippen LogP contribution >= 0.6 is 11.8 Å². The van der Waals surface area contributed by atoms with Crippen LogP contribution in [0, 0.1) is 0 Å². The molecule has 0 radical (unpaired) electrons. The van der Waals surface area contributed by atoms with Crippen LogP contribution in [0.25, 0.3) is 4.91 Å². The van der Waals surface area contributed by atoms with Crippen molar-refractivity contribution >= 4 is 28.5 Å². The Morgan fingerprint density at radius 2 is 2.44 bits per heavy atom. The third-order valence-corrected chi connectivity index (χ3v) is 3.84. The van der Waals surface area contributed by atoms with E-state index in [-0.39, 0.29) is 17.0 Å². The van der Waals surface area contributed by atoms with Crippen molar-refractivity contribution in [2.24, 2.45) is 0 Å². The molecule has 2 aliphatic rings. The van der Waals surface area contributed by atoms with Crippen LogP contribution in [0.2, 0.25) is 0 Å². The van der Waals surface area contributed by atoms with E-state index >= 15 is 0 Å². The molecule has 1 aromatic heterocycles. The lowest BCUT2D eigenvalue weighted by molar-refractivity contribution is -0.145. The van der Waals surface area contributed by atoms with Crippen molar-refractivity contribution in [3.8, 4) is 0 Å². The Kier molecular flexibility index (Phi) is 1.88. The summed E-state index contributed by atoms with van der Waals surface area (Å²) in [5, 5.41) is 9.04. The van der Waals surface area contributed by atoms with Gasteiger partial charge in [0.2, 0.25) is 5.91 Å². The first kappa shape index (κ1) is 9.53. The molecule has 0 spiro atoms. The van der Waals surface area contributed by atoms with Crippen molar-refractivity contribution in [2.75, 3.05) is 0 Å². The molecule has 2 aliphatic heterocycles. The molecule has 0 bridgehead atoms. The van der Waals surface area contributed by atoms with Gasteiger partial charge in [0.05, 0.1) is 23.0 Å². The van der Waals surface area contributed by atoms with Gasteiger partial charge >= 0.3 is 5.97 Å². The van der Waals surface area contributed by atoms with E-state index in [1.54, 1.807) is 12.1 Å². The Labute approximate surface area is 94.7 Å². The zero-order valence-electron chi connectivity index (χ0n) is 8.04. The van der Waals surface area contributed by atoms with E-state index in [0.717, 1.165) is 0 Å². The molecule has 0 saturated carbocycles. The molecular formula is C10H7NO4S. The number of carbonyl (C=O) groups is 2. The number of carbonyl (C=O) groups excluding carboxylic acids is 1. The molecule has 6 heteroatoms. The van der Waals surface area contributed by atoms with Gasteiger partial charge in [-0.05, 0) is 12.1 Å². The highest BCUT2D eigenvalue weighted by atomic mass is 32.2. The third kappa shape index (κ3) is 1.13. The molecule has 1 aromatic rings. The minimum absolute atomic E-state index is 0.0428. The number of β-lactam (4-membered cyclic amide) rings is 1. The summed E-state index contributed by atoms with van der Waals surface area (Å²) in [5.74, 6) is -0.726. The average Bonchev–Trinajstić information content (AvgIpc) is 2.80. The Morgan fingerprint density at radius 3 is 3.00 bits per heavy atom. The van der Waals surface area contributed by atoms with Gasteiger partial charge in [0.25, 0.3) is 0 Å². The van der Waals surface area contributed by atoms with Gasteiger partial charge in [-0.1, -0.05) is 11.8 Å². The average molecular weight is 237 g/mol. The van der Waals surface area contributed by atoms with Gasteiger partial charge < -0.3 is 9.52 Å². The number of thioether (sulfide) groups is 1. The van der Waals surface area contributed by atoms with E-state index in [4.69, 9.17) is 9.52 Å². The van der Waals surface area contributed by atoms with Crippen LogP contribution in [0.15, 0.2) is 28.5 Å². The van der Waals surface area contributed by atoms with E-state index in [2.05, 4.69) is 0 Å². The maximum atomic E-state index is 11.3. The maximum absolute atomic E-state index is 11.3. The van der Waals surface area contributed by atoms with Crippen LogP contribution in [-0.2, 0) is 9.59 Å². The first-order valence-corrected chi connectivity index (χ1v) is 5.56. The SMILES string of the molecule is O=C(O)C1=C(c2ccco2)S[C@@H]2CC(=O)N12. The Balaban J connectivity index is 2.10. The molecule has 1 amide bonds. The van der Waals surface area contributed by atoms with Gasteiger partial charge in [0, 0.05) is 0 Å². The van der Waals surface area contributed by atoms with Crippen molar-refractivity contribution in [3.05, 3.63) is 29.9 Å². The molecule has 0 unspecified atom stereocenters. The summed E-state index contributed by atoms with van der Waals surface area (Å²) in [6.07, 6.45) is 1.88. The predicted molar refractivity (Wildman–Crippen MR) is 56.1 cm³/mol. The van der Waals surface area contributed by atoms with Crippen LogP contribution in [0.3, 0.4) is 0 Å². The summed E-state index contributed by atoms with van der Waals surface area (Å²) in [7, 11) is 0. The number of nitrogens with zero attached hydrogens (tertiary/aromatic N) is 1. The highest BCUT2D eigenvalue weighted by Crippen LogP contribution is 2.50. The lowest BCUT2D eigenvalue weighted by atomic mass is 10.1. The van der Waals surface area contributed by atoms with Crippen molar-refractivity contribution < 1.29 is 19.1 Å². The molecule has 0 aliphatic carbocycles. The summed E-state index contributed by atoms with van der Waals surface area (Å²) in [6.45, 7) is 0. The van der Waals surface area contributed by atoms with E-state index < -0.39 is 5.97 Å². The van der Waals surface area contributed by atoms with Crippen LogP contribution in [-0.4, -0.2) is 27.3 Å². The number of hydrogen-bond donors (Lipinski definition) is 1. The second-order valence-electron chi connectivity index (χ2n) is 3.50. The predicted octanol–water partition coefficient (Wildman–Crippen LogP) is 1.34. The number of carboxylic acids is 1. The molecule has 1 saturated heterocycles. The standard InChI is InChI=1S/C10H7NO4S/c12-6-4-7-11(6)8(10(13)14)9(16-7)5-2-1-3-15-5/h1-3,7H,4H2,(H,13,14)/t7-/m1/s1. The number of fused-ring (bicyclic) bond motifs is 1. The van der Waals surface area contributed by atoms with Crippen molar-refractivity contribution in [1.82, 2.24) is 4.90 Å². The molecule has 3 heterocycles. The molecule has 5 nitrogen and oxygen atoms in total. The second-order valence-corrected chi connectivity index (χ2v) is 4.69. The Morgan fingerprint density at radius 1 is 1.62 bits per heavy atom. The van der Waals surface area contributed by atoms with Gasteiger partial charge in [-0.15, -0.1) is 0 Å². The number of hydrogen-bond acceptors (Lipinski definition) is 4. The lowest BCUT2D eigenvalue weighted by Gasteiger charge is -2.33. The van der Waals surface area contributed by atoms with Crippen molar-refractivity contribution in [2.45, 2.75) is 11.8 Å². The first-order chi connectivity index (χ1) is 7.68. The monoisotopic (exact) mass is 237 g/mol. The summed E-state index contributed by atoms with van der Waals surface area (Å²) in [6, 6.07) is 3.39. The zero-order valence-corrected chi connectivity index (χ0v) is 8.86. The number of furan rings is 1. The largest absolute Gasteiger partial charge is 0.477 e. The molecule has 3 rings (SSSR count). The molecule has 82 valence electrons. The van der Waals surface area contributed by atoms with E-state index in [9.17, 15) is 9.59 Å².